The fourth-order valence-corrected chi connectivity index (χ4v) is 2.92. The van der Waals surface area contributed by atoms with Gasteiger partial charge in [0.15, 0.2) is 0 Å². The number of nitrogens with zero attached hydrogens (tertiary/aromatic N) is 2. The first-order valence-corrected chi connectivity index (χ1v) is 6.63. The van der Waals surface area contributed by atoms with Crippen molar-refractivity contribution in [3.05, 3.63) is 35.5 Å². The fourth-order valence-electron chi connectivity index (χ4n) is 2.92. The molecule has 0 radical (unpaired) electrons. The predicted molar refractivity (Wildman–Crippen MR) is 75.9 cm³/mol. The lowest BCUT2D eigenvalue weighted by molar-refractivity contribution is 0.236. The summed E-state index contributed by atoms with van der Waals surface area (Å²) in [4.78, 5) is 2.39. The molecule has 18 heavy (non-hydrogen) atoms. The molecule has 0 amide bonds. The zero-order valence-corrected chi connectivity index (χ0v) is 11.4. The molecule has 1 aromatic heterocycles. The summed E-state index contributed by atoms with van der Waals surface area (Å²) in [5.41, 5.74) is 4.04. The summed E-state index contributed by atoms with van der Waals surface area (Å²) in [6, 6.07) is 9.46. The van der Waals surface area contributed by atoms with Crippen molar-refractivity contribution in [2.24, 2.45) is 7.05 Å². The van der Waals surface area contributed by atoms with E-state index in [9.17, 15) is 0 Å². The second-order valence-electron chi connectivity index (χ2n) is 5.46. The first kappa shape index (κ1) is 11.8. The number of fused-ring (bicyclic) bond motifs is 1. The largest absolute Gasteiger partial charge is 0.346 e. The number of likely N-dealkylation sites (N-methyl/N-ethyl adjacent to an activating group) is 1. The van der Waals surface area contributed by atoms with Gasteiger partial charge in [-0.1, -0.05) is 11.6 Å². The Balaban J connectivity index is 2.03. The van der Waals surface area contributed by atoms with Crippen LogP contribution in [0, 0.1) is 6.92 Å². The lowest BCUT2D eigenvalue weighted by Gasteiger charge is -2.31. The number of nitrogens with one attached hydrogen (secondary N) is 1. The van der Waals surface area contributed by atoms with Crippen molar-refractivity contribution in [3.63, 3.8) is 0 Å². The number of hydrogen-bond donors (Lipinski definition) is 1. The monoisotopic (exact) mass is 243 g/mol. The molecule has 0 spiro atoms. The second-order valence-corrected chi connectivity index (χ2v) is 5.46. The highest BCUT2D eigenvalue weighted by atomic mass is 15.2. The Morgan fingerprint density at radius 1 is 1.22 bits per heavy atom. The third-order valence-electron chi connectivity index (χ3n) is 3.97. The van der Waals surface area contributed by atoms with E-state index in [4.69, 9.17) is 0 Å². The quantitative estimate of drug-likeness (QED) is 0.827. The van der Waals surface area contributed by atoms with Gasteiger partial charge in [0.1, 0.15) is 0 Å². The van der Waals surface area contributed by atoms with E-state index in [1.54, 1.807) is 0 Å². The average Bonchev–Trinajstić information content (AvgIpc) is 2.66. The predicted octanol–water partition coefficient (Wildman–Crippen LogP) is 2.06. The van der Waals surface area contributed by atoms with E-state index in [1.807, 2.05) is 0 Å². The molecule has 0 saturated carbocycles. The van der Waals surface area contributed by atoms with Gasteiger partial charge in [-0.2, -0.15) is 0 Å². The maximum atomic E-state index is 3.62. The molecule has 3 nitrogen and oxygen atoms in total. The minimum atomic E-state index is 0.446. The van der Waals surface area contributed by atoms with Crippen LogP contribution in [-0.4, -0.2) is 36.1 Å². The van der Waals surface area contributed by atoms with E-state index in [1.165, 1.54) is 22.2 Å². The standard InChI is InChI=1S/C15H21N3/c1-11-4-5-14-12(8-11)9-15(18(14)3)13-10-17(2)7-6-16-13/h4-5,8-9,13,16H,6-7,10H2,1-3H3. The highest BCUT2D eigenvalue weighted by Gasteiger charge is 2.21. The summed E-state index contributed by atoms with van der Waals surface area (Å²) in [5.74, 6) is 0. The Kier molecular flexibility index (Phi) is 2.88. The molecule has 1 atom stereocenters. The van der Waals surface area contributed by atoms with Crippen molar-refractivity contribution in [3.8, 4) is 0 Å². The number of aromatic nitrogens is 1. The highest BCUT2D eigenvalue weighted by molar-refractivity contribution is 5.82. The third-order valence-corrected chi connectivity index (χ3v) is 3.97. The van der Waals surface area contributed by atoms with E-state index in [0.29, 0.717) is 6.04 Å². The summed E-state index contributed by atoms with van der Waals surface area (Å²) >= 11 is 0. The van der Waals surface area contributed by atoms with Crippen LogP contribution in [0.25, 0.3) is 10.9 Å². The van der Waals surface area contributed by atoms with E-state index >= 15 is 0 Å². The van der Waals surface area contributed by atoms with Gasteiger partial charge in [0.2, 0.25) is 0 Å². The average molecular weight is 243 g/mol. The van der Waals surface area contributed by atoms with Crippen molar-refractivity contribution >= 4 is 10.9 Å². The molecule has 1 N–H and O–H groups in total. The fraction of sp³-hybridized carbons (Fsp3) is 0.467. The van der Waals surface area contributed by atoms with Gasteiger partial charge in [0, 0.05) is 43.3 Å². The molecular weight excluding hydrogens is 222 g/mol. The molecule has 2 aromatic rings. The summed E-state index contributed by atoms with van der Waals surface area (Å²) in [6.45, 7) is 5.45. The molecule has 2 heterocycles. The minimum Gasteiger partial charge on any atom is -0.346 e. The lowest BCUT2D eigenvalue weighted by Crippen LogP contribution is -2.44. The van der Waals surface area contributed by atoms with Gasteiger partial charge in [-0.3, -0.25) is 0 Å². The van der Waals surface area contributed by atoms with Crippen LogP contribution in [-0.2, 0) is 7.05 Å². The summed E-state index contributed by atoms with van der Waals surface area (Å²) in [6.07, 6.45) is 0. The van der Waals surface area contributed by atoms with Crippen molar-refractivity contribution in [2.75, 3.05) is 26.7 Å². The van der Waals surface area contributed by atoms with Crippen LogP contribution in [0.15, 0.2) is 24.3 Å². The van der Waals surface area contributed by atoms with E-state index < -0.39 is 0 Å². The zero-order chi connectivity index (χ0) is 12.7. The number of benzene rings is 1. The topological polar surface area (TPSA) is 20.2 Å². The number of piperazine rings is 1. The smallest absolute Gasteiger partial charge is 0.0604 e. The van der Waals surface area contributed by atoms with Crippen LogP contribution in [0.3, 0.4) is 0 Å². The number of rotatable bonds is 1. The van der Waals surface area contributed by atoms with Gasteiger partial charge in [0.05, 0.1) is 6.04 Å². The lowest BCUT2D eigenvalue weighted by atomic mass is 10.1. The van der Waals surface area contributed by atoms with Crippen molar-refractivity contribution in [1.29, 1.82) is 0 Å². The van der Waals surface area contributed by atoms with Crippen LogP contribution >= 0.6 is 0 Å². The molecule has 96 valence electrons. The molecule has 1 aliphatic rings. The van der Waals surface area contributed by atoms with Crippen molar-refractivity contribution < 1.29 is 0 Å². The normalized spacial score (nSPS) is 21.6. The number of hydrogen-bond acceptors (Lipinski definition) is 2. The minimum absolute atomic E-state index is 0.446. The summed E-state index contributed by atoms with van der Waals surface area (Å²) in [5, 5.41) is 4.97. The number of aryl methyl sites for hydroxylation is 2. The first-order chi connectivity index (χ1) is 8.65. The zero-order valence-electron chi connectivity index (χ0n) is 11.4. The molecule has 1 saturated heterocycles. The van der Waals surface area contributed by atoms with Gasteiger partial charge in [-0.15, -0.1) is 0 Å². The second kappa shape index (κ2) is 4.41. The van der Waals surface area contributed by atoms with Crippen LogP contribution < -0.4 is 5.32 Å². The van der Waals surface area contributed by atoms with Gasteiger partial charge < -0.3 is 14.8 Å². The Morgan fingerprint density at radius 2 is 2.06 bits per heavy atom. The molecule has 0 bridgehead atoms. The molecule has 1 fully saturated rings. The Morgan fingerprint density at radius 3 is 2.83 bits per heavy atom. The van der Waals surface area contributed by atoms with Gasteiger partial charge >= 0.3 is 0 Å². The first-order valence-electron chi connectivity index (χ1n) is 6.63. The Hall–Kier alpha value is -1.32. The summed E-state index contributed by atoms with van der Waals surface area (Å²) in [7, 11) is 4.37. The Bertz CT molecular complexity index is 570. The molecule has 0 aliphatic carbocycles. The maximum Gasteiger partial charge on any atom is 0.0604 e. The Labute approximate surface area is 108 Å². The van der Waals surface area contributed by atoms with Crippen molar-refractivity contribution in [2.45, 2.75) is 13.0 Å². The third kappa shape index (κ3) is 1.93. The van der Waals surface area contributed by atoms with Crippen LogP contribution in [0.5, 0.6) is 0 Å². The molecule has 1 aromatic carbocycles. The maximum absolute atomic E-state index is 3.62. The van der Waals surface area contributed by atoms with Crippen LogP contribution in [0.4, 0.5) is 0 Å². The van der Waals surface area contributed by atoms with E-state index in [-0.39, 0.29) is 0 Å². The van der Waals surface area contributed by atoms with E-state index in [0.717, 1.165) is 19.6 Å². The van der Waals surface area contributed by atoms with Gasteiger partial charge in [-0.25, -0.2) is 0 Å². The van der Waals surface area contributed by atoms with Crippen LogP contribution in [0.2, 0.25) is 0 Å². The molecule has 3 heteroatoms. The summed E-state index contributed by atoms with van der Waals surface area (Å²) < 4.78 is 2.33. The molecule has 1 unspecified atom stereocenters. The highest BCUT2D eigenvalue weighted by Crippen LogP contribution is 2.25. The van der Waals surface area contributed by atoms with Crippen molar-refractivity contribution in [1.82, 2.24) is 14.8 Å². The molecular formula is C15H21N3. The van der Waals surface area contributed by atoms with Gasteiger partial charge in [0.25, 0.3) is 0 Å². The molecule has 3 rings (SSSR count). The van der Waals surface area contributed by atoms with Crippen LogP contribution in [0.1, 0.15) is 17.3 Å². The SMILES string of the molecule is Cc1ccc2c(c1)cc(C1CN(C)CCN1)n2C. The van der Waals surface area contributed by atoms with E-state index in [2.05, 4.69) is 60.1 Å². The van der Waals surface area contributed by atoms with Gasteiger partial charge in [-0.05, 0) is 32.2 Å². The molecule has 1 aliphatic heterocycles.